The zero-order valence-electron chi connectivity index (χ0n) is 10.0. The lowest BCUT2D eigenvalue weighted by Gasteiger charge is -2.09. The topological polar surface area (TPSA) is 47.3 Å². The average molecular weight is 224 g/mol. The van der Waals surface area contributed by atoms with Crippen LogP contribution in [-0.2, 0) is 11.2 Å². The van der Waals surface area contributed by atoms with E-state index in [4.69, 9.17) is 9.15 Å². The van der Waals surface area contributed by atoms with E-state index in [2.05, 4.69) is 17.2 Å². The molecule has 1 saturated heterocycles. The Hall–Kier alpha value is -0.870. The fourth-order valence-corrected chi connectivity index (χ4v) is 2.13. The lowest BCUT2D eigenvalue weighted by Crippen LogP contribution is -2.08. The lowest BCUT2D eigenvalue weighted by molar-refractivity contribution is 0.115. The van der Waals surface area contributed by atoms with E-state index in [1.165, 1.54) is 0 Å². The Labute approximate surface area is 96.4 Å². The fourth-order valence-electron chi connectivity index (χ4n) is 2.13. The van der Waals surface area contributed by atoms with Crippen molar-refractivity contribution in [3.63, 3.8) is 0 Å². The Kier molecular flexibility index (Phi) is 3.96. The molecule has 4 nitrogen and oxygen atoms in total. The summed E-state index contributed by atoms with van der Waals surface area (Å²) in [6.07, 6.45) is 5.14. The van der Waals surface area contributed by atoms with Gasteiger partial charge in [0.1, 0.15) is 5.76 Å². The first kappa shape index (κ1) is 11.6. The van der Waals surface area contributed by atoms with Crippen molar-refractivity contribution in [1.82, 2.24) is 10.3 Å². The van der Waals surface area contributed by atoms with Gasteiger partial charge in [-0.25, -0.2) is 4.98 Å². The third kappa shape index (κ3) is 2.62. The Balaban J connectivity index is 1.91. The molecule has 1 aromatic heterocycles. The molecule has 1 aliphatic heterocycles. The van der Waals surface area contributed by atoms with Crippen molar-refractivity contribution in [2.75, 3.05) is 20.2 Å². The number of hydrogen-bond donors (Lipinski definition) is 1. The van der Waals surface area contributed by atoms with Gasteiger partial charge in [-0.1, -0.05) is 0 Å². The standard InChI is InChI=1S/C12H20N2O2/c1-9-10(5-7-15-9)11-8-14-12(16-11)4-3-6-13-2/h8-10,13H,3-7H2,1-2H3. The van der Waals surface area contributed by atoms with Gasteiger partial charge in [0.2, 0.25) is 0 Å². The quantitative estimate of drug-likeness (QED) is 0.774. The molecule has 0 radical (unpaired) electrons. The van der Waals surface area contributed by atoms with Gasteiger partial charge in [0.15, 0.2) is 5.89 Å². The smallest absolute Gasteiger partial charge is 0.194 e. The predicted molar refractivity (Wildman–Crippen MR) is 61.5 cm³/mol. The van der Waals surface area contributed by atoms with Crippen molar-refractivity contribution in [2.45, 2.75) is 38.2 Å². The van der Waals surface area contributed by atoms with Crippen molar-refractivity contribution in [3.05, 3.63) is 17.8 Å². The summed E-state index contributed by atoms with van der Waals surface area (Å²) in [5.41, 5.74) is 0. The molecular formula is C12H20N2O2. The van der Waals surface area contributed by atoms with Crippen LogP contribution in [0, 0.1) is 0 Å². The van der Waals surface area contributed by atoms with E-state index in [0.29, 0.717) is 5.92 Å². The van der Waals surface area contributed by atoms with Crippen LogP contribution >= 0.6 is 0 Å². The summed E-state index contributed by atoms with van der Waals surface area (Å²) in [6.45, 7) is 3.93. The molecule has 16 heavy (non-hydrogen) atoms. The number of rotatable bonds is 5. The molecule has 0 bridgehead atoms. The van der Waals surface area contributed by atoms with Gasteiger partial charge in [-0.05, 0) is 33.4 Å². The molecule has 90 valence electrons. The zero-order chi connectivity index (χ0) is 11.4. The second kappa shape index (κ2) is 5.46. The van der Waals surface area contributed by atoms with Crippen LogP contribution in [0.5, 0.6) is 0 Å². The van der Waals surface area contributed by atoms with Crippen LogP contribution in [0.4, 0.5) is 0 Å². The van der Waals surface area contributed by atoms with E-state index >= 15 is 0 Å². The van der Waals surface area contributed by atoms with Gasteiger partial charge in [0, 0.05) is 18.9 Å². The highest BCUT2D eigenvalue weighted by molar-refractivity contribution is 5.06. The third-order valence-corrected chi connectivity index (χ3v) is 3.13. The van der Waals surface area contributed by atoms with Crippen molar-refractivity contribution in [1.29, 1.82) is 0 Å². The van der Waals surface area contributed by atoms with Crippen molar-refractivity contribution >= 4 is 0 Å². The summed E-state index contributed by atoms with van der Waals surface area (Å²) < 4.78 is 11.3. The van der Waals surface area contributed by atoms with Crippen molar-refractivity contribution in [3.8, 4) is 0 Å². The highest BCUT2D eigenvalue weighted by Gasteiger charge is 2.28. The maximum atomic E-state index is 5.77. The highest BCUT2D eigenvalue weighted by Crippen LogP contribution is 2.31. The number of oxazole rings is 1. The minimum atomic E-state index is 0.262. The van der Waals surface area contributed by atoms with Crippen molar-refractivity contribution < 1.29 is 9.15 Å². The monoisotopic (exact) mass is 224 g/mol. The Morgan fingerprint density at radius 1 is 1.56 bits per heavy atom. The molecule has 2 atom stereocenters. The highest BCUT2D eigenvalue weighted by atomic mass is 16.5. The van der Waals surface area contributed by atoms with E-state index in [1.54, 1.807) is 0 Å². The van der Waals surface area contributed by atoms with Crippen LogP contribution in [0.15, 0.2) is 10.6 Å². The summed E-state index contributed by atoms with van der Waals surface area (Å²) in [5.74, 6) is 2.24. The van der Waals surface area contributed by atoms with Crippen LogP contribution < -0.4 is 5.32 Å². The maximum absolute atomic E-state index is 5.77. The second-order valence-electron chi connectivity index (χ2n) is 4.33. The van der Waals surface area contributed by atoms with Crippen LogP contribution in [0.2, 0.25) is 0 Å². The Morgan fingerprint density at radius 3 is 3.12 bits per heavy atom. The minimum Gasteiger partial charge on any atom is -0.445 e. The van der Waals surface area contributed by atoms with E-state index in [0.717, 1.165) is 44.1 Å². The summed E-state index contributed by atoms with van der Waals surface area (Å²) in [6, 6.07) is 0. The summed E-state index contributed by atoms with van der Waals surface area (Å²) in [4.78, 5) is 4.32. The lowest BCUT2D eigenvalue weighted by atomic mass is 10.0. The molecule has 2 heterocycles. The van der Waals surface area contributed by atoms with Crippen LogP contribution in [0.25, 0.3) is 0 Å². The Bertz CT molecular complexity index is 325. The fraction of sp³-hybridized carbons (Fsp3) is 0.750. The first-order chi connectivity index (χ1) is 7.81. The van der Waals surface area contributed by atoms with Gasteiger partial charge in [0.05, 0.1) is 12.3 Å². The van der Waals surface area contributed by atoms with Gasteiger partial charge in [-0.3, -0.25) is 0 Å². The number of hydrogen-bond acceptors (Lipinski definition) is 4. The van der Waals surface area contributed by atoms with Crippen LogP contribution in [0.1, 0.15) is 37.3 Å². The molecule has 0 spiro atoms. The van der Waals surface area contributed by atoms with Gasteiger partial charge in [-0.15, -0.1) is 0 Å². The molecule has 4 heteroatoms. The van der Waals surface area contributed by atoms with Gasteiger partial charge >= 0.3 is 0 Å². The molecule has 1 aliphatic rings. The van der Waals surface area contributed by atoms with Gasteiger partial charge in [-0.2, -0.15) is 0 Å². The van der Waals surface area contributed by atoms with Crippen LogP contribution in [-0.4, -0.2) is 31.3 Å². The summed E-state index contributed by atoms with van der Waals surface area (Å²) >= 11 is 0. The van der Waals surface area contributed by atoms with E-state index in [-0.39, 0.29) is 6.10 Å². The van der Waals surface area contributed by atoms with Crippen LogP contribution in [0.3, 0.4) is 0 Å². The number of nitrogens with zero attached hydrogens (tertiary/aromatic N) is 1. The number of aromatic nitrogens is 1. The molecule has 0 amide bonds. The maximum Gasteiger partial charge on any atom is 0.194 e. The Morgan fingerprint density at radius 2 is 2.44 bits per heavy atom. The molecular weight excluding hydrogens is 204 g/mol. The normalized spacial score (nSPS) is 25.1. The minimum absolute atomic E-state index is 0.262. The molecule has 0 saturated carbocycles. The molecule has 0 aliphatic carbocycles. The first-order valence-corrected chi connectivity index (χ1v) is 6.02. The molecule has 2 unspecified atom stereocenters. The number of aryl methyl sites for hydroxylation is 1. The van der Waals surface area contributed by atoms with E-state index in [1.807, 2.05) is 13.2 Å². The molecule has 2 rings (SSSR count). The second-order valence-corrected chi connectivity index (χ2v) is 4.33. The van der Waals surface area contributed by atoms with E-state index in [9.17, 15) is 0 Å². The van der Waals surface area contributed by atoms with Gasteiger partial charge in [0.25, 0.3) is 0 Å². The molecule has 1 aromatic rings. The third-order valence-electron chi connectivity index (χ3n) is 3.13. The summed E-state index contributed by atoms with van der Waals surface area (Å²) in [5, 5.41) is 3.12. The molecule has 0 aromatic carbocycles. The summed E-state index contributed by atoms with van der Waals surface area (Å²) in [7, 11) is 1.96. The van der Waals surface area contributed by atoms with Gasteiger partial charge < -0.3 is 14.5 Å². The average Bonchev–Trinajstić information content (AvgIpc) is 2.87. The van der Waals surface area contributed by atoms with Crippen molar-refractivity contribution in [2.24, 2.45) is 0 Å². The predicted octanol–water partition coefficient (Wildman–Crippen LogP) is 1.72. The number of nitrogens with one attached hydrogen (secondary N) is 1. The number of ether oxygens (including phenoxy) is 1. The van der Waals surface area contributed by atoms with E-state index < -0.39 is 0 Å². The largest absolute Gasteiger partial charge is 0.445 e. The SMILES string of the molecule is CNCCCc1ncc(C2CCOC2C)o1. The molecule has 1 fully saturated rings. The first-order valence-electron chi connectivity index (χ1n) is 6.02. The molecule has 1 N–H and O–H groups in total. The zero-order valence-corrected chi connectivity index (χ0v) is 10.0.